The van der Waals surface area contributed by atoms with Crippen LogP contribution in [0.1, 0.15) is 55.0 Å². The molecule has 2 atom stereocenters. The smallest absolute Gasteiger partial charge is 0.0776 e. The molecule has 1 heterocycles. The first-order chi connectivity index (χ1) is 10.3. The molecule has 0 amide bonds. The standard InChI is InChI=1S/C16H23N5/c1-2-10-21-15(11-18-20-21)16(19-17)14-9-5-7-12-6-3-4-8-13(12)14/h3-4,6,8,11,14,16,19H,2,5,7,9-10,17H2,1H3. The number of nitrogens with zero attached hydrogens (tertiary/aromatic N) is 3. The molecule has 112 valence electrons. The second-order valence-corrected chi connectivity index (χ2v) is 5.72. The number of aromatic nitrogens is 3. The van der Waals surface area contributed by atoms with Crippen LogP contribution in [0.3, 0.4) is 0 Å². The van der Waals surface area contributed by atoms with Crippen LogP contribution in [-0.2, 0) is 13.0 Å². The predicted molar refractivity (Wildman–Crippen MR) is 82.5 cm³/mol. The molecule has 1 aromatic heterocycles. The molecule has 2 aromatic rings. The van der Waals surface area contributed by atoms with Gasteiger partial charge in [-0.15, -0.1) is 5.10 Å². The first kappa shape index (κ1) is 14.2. The summed E-state index contributed by atoms with van der Waals surface area (Å²) < 4.78 is 1.97. The number of rotatable bonds is 5. The molecule has 0 radical (unpaired) electrons. The van der Waals surface area contributed by atoms with Gasteiger partial charge in [-0.25, -0.2) is 4.68 Å². The molecule has 3 rings (SSSR count). The van der Waals surface area contributed by atoms with Crippen molar-refractivity contribution >= 4 is 0 Å². The Morgan fingerprint density at radius 2 is 2.29 bits per heavy atom. The quantitative estimate of drug-likeness (QED) is 0.653. The van der Waals surface area contributed by atoms with Gasteiger partial charge in [-0.3, -0.25) is 11.3 Å². The van der Waals surface area contributed by atoms with Crippen LogP contribution in [0.15, 0.2) is 30.5 Å². The Kier molecular flexibility index (Phi) is 4.31. The van der Waals surface area contributed by atoms with E-state index in [0.717, 1.165) is 31.5 Å². The van der Waals surface area contributed by atoms with Gasteiger partial charge >= 0.3 is 0 Å². The molecule has 0 saturated carbocycles. The van der Waals surface area contributed by atoms with Crippen LogP contribution < -0.4 is 11.3 Å². The average Bonchev–Trinajstić information content (AvgIpc) is 2.97. The van der Waals surface area contributed by atoms with Crippen LogP contribution in [0.25, 0.3) is 0 Å². The Balaban J connectivity index is 1.96. The summed E-state index contributed by atoms with van der Waals surface area (Å²) in [5.41, 5.74) is 6.96. The predicted octanol–water partition coefficient (Wildman–Crippen LogP) is 2.31. The highest BCUT2D eigenvalue weighted by molar-refractivity contribution is 5.34. The second-order valence-electron chi connectivity index (χ2n) is 5.72. The molecule has 0 fully saturated rings. The first-order valence-electron chi connectivity index (χ1n) is 7.77. The SMILES string of the molecule is CCCn1nncc1C(NN)C1CCCc2ccccc21. The van der Waals surface area contributed by atoms with E-state index in [4.69, 9.17) is 5.84 Å². The molecule has 1 aliphatic carbocycles. The lowest BCUT2D eigenvalue weighted by Gasteiger charge is -2.32. The molecule has 0 saturated heterocycles. The molecule has 5 nitrogen and oxygen atoms in total. The van der Waals surface area contributed by atoms with Gasteiger partial charge in [0.2, 0.25) is 0 Å². The molecular weight excluding hydrogens is 262 g/mol. The summed E-state index contributed by atoms with van der Waals surface area (Å²) in [6, 6.07) is 8.77. The minimum atomic E-state index is 0.0630. The zero-order chi connectivity index (χ0) is 14.7. The van der Waals surface area contributed by atoms with E-state index >= 15 is 0 Å². The second kappa shape index (κ2) is 6.37. The molecule has 5 heteroatoms. The normalized spacial score (nSPS) is 19.2. The monoisotopic (exact) mass is 285 g/mol. The van der Waals surface area contributed by atoms with E-state index in [1.165, 1.54) is 17.5 Å². The largest absolute Gasteiger partial charge is 0.271 e. The molecule has 0 spiro atoms. The molecular formula is C16H23N5. The van der Waals surface area contributed by atoms with Gasteiger partial charge in [0.25, 0.3) is 0 Å². The van der Waals surface area contributed by atoms with Crippen LogP contribution in [-0.4, -0.2) is 15.0 Å². The van der Waals surface area contributed by atoms with Gasteiger partial charge in [0.05, 0.1) is 17.9 Å². The average molecular weight is 285 g/mol. The summed E-state index contributed by atoms with van der Waals surface area (Å²) in [6.07, 6.45) is 6.39. The van der Waals surface area contributed by atoms with Crippen LogP contribution in [0.2, 0.25) is 0 Å². The van der Waals surface area contributed by atoms with E-state index in [9.17, 15) is 0 Å². The Labute approximate surface area is 125 Å². The topological polar surface area (TPSA) is 68.8 Å². The van der Waals surface area contributed by atoms with E-state index in [0.29, 0.717) is 5.92 Å². The van der Waals surface area contributed by atoms with E-state index < -0.39 is 0 Å². The third-order valence-corrected chi connectivity index (χ3v) is 4.40. The van der Waals surface area contributed by atoms with E-state index in [2.05, 4.69) is 46.9 Å². The van der Waals surface area contributed by atoms with Crippen LogP contribution in [0, 0.1) is 0 Å². The number of hydrogen-bond donors (Lipinski definition) is 2. The van der Waals surface area contributed by atoms with Crippen molar-refractivity contribution in [3.8, 4) is 0 Å². The number of fused-ring (bicyclic) bond motifs is 1. The van der Waals surface area contributed by atoms with Crippen molar-refractivity contribution in [3.63, 3.8) is 0 Å². The van der Waals surface area contributed by atoms with Crippen molar-refractivity contribution in [1.29, 1.82) is 0 Å². The molecule has 0 bridgehead atoms. The Hall–Kier alpha value is -1.72. The summed E-state index contributed by atoms with van der Waals surface area (Å²) in [4.78, 5) is 0. The maximum absolute atomic E-state index is 5.90. The van der Waals surface area contributed by atoms with Crippen LogP contribution in [0.4, 0.5) is 0 Å². The maximum Gasteiger partial charge on any atom is 0.0776 e. The third-order valence-electron chi connectivity index (χ3n) is 4.40. The lowest BCUT2D eigenvalue weighted by Crippen LogP contribution is -2.35. The van der Waals surface area contributed by atoms with Crippen molar-refractivity contribution < 1.29 is 0 Å². The summed E-state index contributed by atoms with van der Waals surface area (Å²) in [6.45, 7) is 3.02. The van der Waals surface area contributed by atoms with Gasteiger partial charge in [0.1, 0.15) is 0 Å². The van der Waals surface area contributed by atoms with Gasteiger partial charge < -0.3 is 0 Å². The fourth-order valence-corrected chi connectivity index (χ4v) is 3.44. The summed E-state index contributed by atoms with van der Waals surface area (Å²) >= 11 is 0. The number of benzene rings is 1. The van der Waals surface area contributed by atoms with Gasteiger partial charge in [-0.2, -0.15) is 0 Å². The molecule has 0 aliphatic heterocycles. The van der Waals surface area contributed by atoms with Gasteiger partial charge in [-0.05, 0) is 36.8 Å². The third kappa shape index (κ3) is 2.71. The lowest BCUT2D eigenvalue weighted by molar-refractivity contribution is 0.380. The van der Waals surface area contributed by atoms with Gasteiger partial charge in [-0.1, -0.05) is 36.4 Å². The maximum atomic E-state index is 5.90. The van der Waals surface area contributed by atoms with Crippen LogP contribution >= 0.6 is 0 Å². The molecule has 1 aliphatic rings. The number of nitrogens with two attached hydrogens (primary N) is 1. The fraction of sp³-hybridized carbons (Fsp3) is 0.500. The summed E-state index contributed by atoms with van der Waals surface area (Å²) in [7, 11) is 0. The lowest BCUT2D eigenvalue weighted by atomic mass is 9.78. The fourth-order valence-electron chi connectivity index (χ4n) is 3.44. The molecule has 1 aromatic carbocycles. The van der Waals surface area contributed by atoms with E-state index in [1.807, 2.05) is 10.9 Å². The van der Waals surface area contributed by atoms with E-state index in [-0.39, 0.29) is 6.04 Å². The summed E-state index contributed by atoms with van der Waals surface area (Å²) in [5.74, 6) is 6.28. The Bertz CT molecular complexity index is 592. The minimum Gasteiger partial charge on any atom is -0.271 e. The van der Waals surface area contributed by atoms with Crippen molar-refractivity contribution in [3.05, 3.63) is 47.3 Å². The van der Waals surface area contributed by atoms with Gasteiger partial charge in [0, 0.05) is 12.5 Å². The zero-order valence-corrected chi connectivity index (χ0v) is 12.5. The Morgan fingerprint density at radius 3 is 3.10 bits per heavy atom. The van der Waals surface area contributed by atoms with Crippen molar-refractivity contribution in [2.45, 2.75) is 51.1 Å². The van der Waals surface area contributed by atoms with Crippen molar-refractivity contribution in [2.24, 2.45) is 5.84 Å². The number of hydrazine groups is 1. The molecule has 3 N–H and O–H groups in total. The number of aryl methyl sites for hydroxylation is 2. The minimum absolute atomic E-state index is 0.0630. The highest BCUT2D eigenvalue weighted by Gasteiger charge is 2.30. The Morgan fingerprint density at radius 1 is 1.43 bits per heavy atom. The van der Waals surface area contributed by atoms with Crippen molar-refractivity contribution in [1.82, 2.24) is 20.4 Å². The zero-order valence-electron chi connectivity index (χ0n) is 12.5. The van der Waals surface area contributed by atoms with Crippen molar-refractivity contribution in [2.75, 3.05) is 0 Å². The highest BCUT2D eigenvalue weighted by atomic mass is 15.4. The van der Waals surface area contributed by atoms with Crippen LogP contribution in [0.5, 0.6) is 0 Å². The number of nitrogens with one attached hydrogen (secondary N) is 1. The molecule has 21 heavy (non-hydrogen) atoms. The van der Waals surface area contributed by atoms with E-state index in [1.54, 1.807) is 0 Å². The molecule has 2 unspecified atom stereocenters. The number of hydrogen-bond acceptors (Lipinski definition) is 4. The first-order valence-corrected chi connectivity index (χ1v) is 7.77. The highest BCUT2D eigenvalue weighted by Crippen LogP contribution is 2.39. The summed E-state index contributed by atoms with van der Waals surface area (Å²) in [5, 5.41) is 8.27. The van der Waals surface area contributed by atoms with Gasteiger partial charge in [0.15, 0.2) is 0 Å².